The number of anilines is 1. The molecule has 0 atom stereocenters. The monoisotopic (exact) mass is 290 g/mol. The van der Waals surface area contributed by atoms with Gasteiger partial charge in [-0.15, -0.1) is 0 Å². The van der Waals surface area contributed by atoms with Crippen LogP contribution in [0.3, 0.4) is 0 Å². The number of para-hydroxylation sites is 2. The second kappa shape index (κ2) is 7.91. The zero-order chi connectivity index (χ0) is 15.1. The minimum Gasteiger partial charge on any atom is -0.491 e. The highest BCUT2D eigenvalue weighted by Crippen LogP contribution is 2.24. The number of rotatable bonds is 5. The largest absolute Gasteiger partial charge is 0.491 e. The summed E-state index contributed by atoms with van der Waals surface area (Å²) in [4.78, 5) is 12.1. The van der Waals surface area contributed by atoms with Crippen LogP contribution < -0.4 is 15.4 Å². The SMILES string of the molecule is CC(C)COc1ccccc1NC(=O)NC1CCCCC1. The quantitative estimate of drug-likeness (QED) is 0.855. The van der Waals surface area contributed by atoms with Crippen molar-refractivity contribution in [1.82, 2.24) is 5.32 Å². The molecule has 0 saturated heterocycles. The van der Waals surface area contributed by atoms with Crippen molar-refractivity contribution in [1.29, 1.82) is 0 Å². The zero-order valence-electron chi connectivity index (χ0n) is 13.0. The Bertz CT molecular complexity index is 454. The van der Waals surface area contributed by atoms with E-state index >= 15 is 0 Å². The van der Waals surface area contributed by atoms with Gasteiger partial charge in [0, 0.05) is 6.04 Å². The summed E-state index contributed by atoms with van der Waals surface area (Å²) in [6, 6.07) is 7.75. The summed E-state index contributed by atoms with van der Waals surface area (Å²) in [6.45, 7) is 4.85. The standard InChI is InChI=1S/C17H26N2O2/c1-13(2)12-21-16-11-7-6-10-15(16)19-17(20)18-14-8-4-3-5-9-14/h6-7,10-11,13-14H,3-5,8-9,12H2,1-2H3,(H2,18,19,20). The summed E-state index contributed by atoms with van der Waals surface area (Å²) in [5, 5.41) is 5.96. The first-order valence-corrected chi connectivity index (χ1v) is 7.94. The molecule has 0 spiro atoms. The Hall–Kier alpha value is -1.71. The number of carbonyl (C=O) groups excluding carboxylic acids is 1. The molecule has 0 aromatic heterocycles. The van der Waals surface area contributed by atoms with E-state index in [4.69, 9.17) is 4.74 Å². The maximum Gasteiger partial charge on any atom is 0.319 e. The lowest BCUT2D eigenvalue weighted by Crippen LogP contribution is -2.39. The van der Waals surface area contributed by atoms with E-state index in [-0.39, 0.29) is 6.03 Å². The van der Waals surface area contributed by atoms with Gasteiger partial charge in [-0.2, -0.15) is 0 Å². The zero-order valence-corrected chi connectivity index (χ0v) is 13.0. The van der Waals surface area contributed by atoms with Crippen LogP contribution >= 0.6 is 0 Å². The predicted octanol–water partition coefficient (Wildman–Crippen LogP) is 4.18. The lowest BCUT2D eigenvalue weighted by molar-refractivity contribution is 0.243. The minimum absolute atomic E-state index is 0.137. The van der Waals surface area contributed by atoms with Crippen molar-refractivity contribution in [3.05, 3.63) is 24.3 Å². The molecule has 1 fully saturated rings. The van der Waals surface area contributed by atoms with Crippen molar-refractivity contribution in [3.63, 3.8) is 0 Å². The van der Waals surface area contributed by atoms with E-state index in [0.717, 1.165) is 24.3 Å². The molecule has 2 N–H and O–H groups in total. The van der Waals surface area contributed by atoms with Crippen LogP contribution in [0.2, 0.25) is 0 Å². The molecule has 21 heavy (non-hydrogen) atoms. The molecule has 0 unspecified atom stereocenters. The van der Waals surface area contributed by atoms with Crippen molar-refractivity contribution < 1.29 is 9.53 Å². The smallest absolute Gasteiger partial charge is 0.319 e. The van der Waals surface area contributed by atoms with Crippen molar-refractivity contribution in [3.8, 4) is 5.75 Å². The molecule has 2 amide bonds. The Morgan fingerprint density at radius 1 is 1.24 bits per heavy atom. The van der Waals surface area contributed by atoms with Gasteiger partial charge in [-0.3, -0.25) is 0 Å². The Kier molecular flexibility index (Phi) is 5.90. The average molecular weight is 290 g/mol. The van der Waals surface area contributed by atoms with Gasteiger partial charge in [0.15, 0.2) is 0 Å². The van der Waals surface area contributed by atoms with Gasteiger partial charge < -0.3 is 15.4 Å². The lowest BCUT2D eigenvalue weighted by atomic mass is 9.96. The highest BCUT2D eigenvalue weighted by molar-refractivity contribution is 5.91. The molecular weight excluding hydrogens is 264 g/mol. The number of carbonyl (C=O) groups is 1. The molecule has 0 aliphatic heterocycles. The first-order chi connectivity index (χ1) is 10.1. The highest BCUT2D eigenvalue weighted by Gasteiger charge is 2.16. The second-order valence-electron chi connectivity index (χ2n) is 6.13. The Morgan fingerprint density at radius 3 is 2.67 bits per heavy atom. The van der Waals surface area contributed by atoms with Crippen LogP contribution in [0.15, 0.2) is 24.3 Å². The van der Waals surface area contributed by atoms with Crippen LogP contribution in [-0.4, -0.2) is 18.7 Å². The van der Waals surface area contributed by atoms with Gasteiger partial charge in [-0.1, -0.05) is 45.2 Å². The molecule has 1 aromatic rings. The predicted molar refractivity (Wildman–Crippen MR) is 85.8 cm³/mol. The van der Waals surface area contributed by atoms with E-state index in [1.54, 1.807) is 0 Å². The fourth-order valence-electron chi connectivity index (χ4n) is 2.54. The summed E-state index contributed by atoms with van der Waals surface area (Å²) in [5.74, 6) is 1.18. The molecule has 0 bridgehead atoms. The first-order valence-electron chi connectivity index (χ1n) is 7.94. The molecule has 0 heterocycles. The number of hydrogen-bond acceptors (Lipinski definition) is 2. The molecule has 4 nitrogen and oxygen atoms in total. The number of nitrogens with one attached hydrogen (secondary N) is 2. The number of amides is 2. The average Bonchev–Trinajstić information content (AvgIpc) is 2.47. The van der Waals surface area contributed by atoms with Crippen molar-refractivity contribution in [2.45, 2.75) is 52.0 Å². The molecule has 0 radical (unpaired) electrons. The maximum atomic E-state index is 12.1. The van der Waals surface area contributed by atoms with E-state index in [0.29, 0.717) is 18.6 Å². The van der Waals surface area contributed by atoms with Gasteiger partial charge in [0.1, 0.15) is 5.75 Å². The normalized spacial score (nSPS) is 15.8. The van der Waals surface area contributed by atoms with Crippen molar-refractivity contribution in [2.24, 2.45) is 5.92 Å². The van der Waals surface area contributed by atoms with Gasteiger partial charge in [0.05, 0.1) is 12.3 Å². The summed E-state index contributed by atoms with van der Waals surface area (Å²) < 4.78 is 5.75. The van der Waals surface area contributed by atoms with Gasteiger partial charge in [-0.25, -0.2) is 4.79 Å². The number of benzene rings is 1. The summed E-state index contributed by atoms with van der Waals surface area (Å²) in [6.07, 6.45) is 5.86. The van der Waals surface area contributed by atoms with Gasteiger partial charge in [0.25, 0.3) is 0 Å². The molecule has 116 valence electrons. The van der Waals surface area contributed by atoms with Crippen LogP contribution in [0.4, 0.5) is 10.5 Å². The lowest BCUT2D eigenvalue weighted by Gasteiger charge is -2.23. The third-order valence-electron chi connectivity index (χ3n) is 3.65. The van der Waals surface area contributed by atoms with Gasteiger partial charge in [-0.05, 0) is 30.9 Å². The highest BCUT2D eigenvalue weighted by atomic mass is 16.5. The second-order valence-corrected chi connectivity index (χ2v) is 6.13. The molecule has 1 aliphatic carbocycles. The van der Waals surface area contributed by atoms with Crippen LogP contribution in [0.5, 0.6) is 5.75 Å². The Morgan fingerprint density at radius 2 is 1.95 bits per heavy atom. The topological polar surface area (TPSA) is 50.4 Å². The Labute approximate surface area is 127 Å². The van der Waals surface area contributed by atoms with Gasteiger partial charge >= 0.3 is 6.03 Å². The Balaban J connectivity index is 1.90. The molecule has 1 aromatic carbocycles. The van der Waals surface area contributed by atoms with E-state index in [1.807, 2.05) is 24.3 Å². The summed E-state index contributed by atoms with van der Waals surface area (Å²) in [7, 11) is 0. The first kappa shape index (κ1) is 15.7. The fraction of sp³-hybridized carbons (Fsp3) is 0.588. The fourth-order valence-corrected chi connectivity index (χ4v) is 2.54. The molecule has 4 heteroatoms. The number of urea groups is 1. The molecular formula is C17H26N2O2. The summed E-state index contributed by atoms with van der Waals surface area (Å²) >= 11 is 0. The maximum absolute atomic E-state index is 12.1. The third-order valence-corrected chi connectivity index (χ3v) is 3.65. The third kappa shape index (κ3) is 5.29. The van der Waals surface area contributed by atoms with Crippen LogP contribution in [0.25, 0.3) is 0 Å². The number of ether oxygens (including phenoxy) is 1. The van der Waals surface area contributed by atoms with E-state index in [1.165, 1.54) is 19.3 Å². The van der Waals surface area contributed by atoms with E-state index < -0.39 is 0 Å². The number of hydrogen-bond donors (Lipinski definition) is 2. The summed E-state index contributed by atoms with van der Waals surface area (Å²) in [5.41, 5.74) is 0.728. The van der Waals surface area contributed by atoms with Crippen molar-refractivity contribution >= 4 is 11.7 Å². The van der Waals surface area contributed by atoms with Crippen LogP contribution in [0, 0.1) is 5.92 Å². The minimum atomic E-state index is -0.137. The van der Waals surface area contributed by atoms with Crippen molar-refractivity contribution in [2.75, 3.05) is 11.9 Å². The molecule has 2 rings (SSSR count). The van der Waals surface area contributed by atoms with Crippen LogP contribution in [0.1, 0.15) is 46.0 Å². The molecule has 1 aliphatic rings. The van der Waals surface area contributed by atoms with Gasteiger partial charge in [0.2, 0.25) is 0 Å². The van der Waals surface area contributed by atoms with E-state index in [2.05, 4.69) is 24.5 Å². The molecule has 1 saturated carbocycles. The van der Waals surface area contributed by atoms with Crippen LogP contribution in [-0.2, 0) is 0 Å². The van der Waals surface area contributed by atoms with E-state index in [9.17, 15) is 4.79 Å².